The molecule has 6 nitrogen and oxygen atoms in total. The molecule has 1 amide bonds. The molecule has 1 aliphatic rings. The molecule has 2 rings (SSSR count). The predicted molar refractivity (Wildman–Crippen MR) is 83.9 cm³/mol. The lowest BCUT2D eigenvalue weighted by Gasteiger charge is -2.28. The van der Waals surface area contributed by atoms with Gasteiger partial charge in [0.05, 0.1) is 18.2 Å². The van der Waals surface area contributed by atoms with Gasteiger partial charge in [0.1, 0.15) is 12.3 Å². The van der Waals surface area contributed by atoms with Gasteiger partial charge in [0.25, 0.3) is 5.91 Å². The Balaban J connectivity index is 2.43. The number of methoxy groups -OCH3 is 1. The zero-order valence-corrected chi connectivity index (χ0v) is 13.4. The van der Waals surface area contributed by atoms with Gasteiger partial charge >= 0.3 is 5.97 Å². The second-order valence-corrected chi connectivity index (χ2v) is 5.70. The Hall–Kier alpha value is -2.37. The highest BCUT2D eigenvalue weighted by molar-refractivity contribution is 6.09. The van der Waals surface area contributed by atoms with Crippen LogP contribution < -0.4 is 4.74 Å². The highest BCUT2D eigenvalue weighted by atomic mass is 16.5. The van der Waals surface area contributed by atoms with Crippen molar-refractivity contribution >= 4 is 17.7 Å². The number of aliphatic carboxylic acids is 1. The quantitative estimate of drug-likeness (QED) is 0.814. The van der Waals surface area contributed by atoms with E-state index >= 15 is 0 Å². The molecule has 0 spiro atoms. The van der Waals surface area contributed by atoms with Crippen molar-refractivity contribution in [3.05, 3.63) is 29.3 Å². The first-order chi connectivity index (χ1) is 11.0. The number of amides is 1. The van der Waals surface area contributed by atoms with E-state index in [1.54, 1.807) is 18.2 Å². The van der Waals surface area contributed by atoms with Gasteiger partial charge in [0.2, 0.25) is 0 Å². The van der Waals surface area contributed by atoms with Gasteiger partial charge < -0.3 is 14.7 Å². The third-order valence-corrected chi connectivity index (χ3v) is 4.16. The van der Waals surface area contributed by atoms with Crippen LogP contribution in [0.4, 0.5) is 0 Å². The van der Waals surface area contributed by atoms with Crippen LogP contribution in [0.1, 0.15) is 53.3 Å². The maximum Gasteiger partial charge on any atom is 0.323 e. The van der Waals surface area contributed by atoms with Crippen LogP contribution >= 0.6 is 0 Å². The summed E-state index contributed by atoms with van der Waals surface area (Å²) in [5.74, 6) is -1.45. The van der Waals surface area contributed by atoms with E-state index in [4.69, 9.17) is 9.84 Å². The van der Waals surface area contributed by atoms with Gasteiger partial charge in [-0.25, -0.2) is 0 Å². The molecule has 0 radical (unpaired) electrons. The minimum Gasteiger partial charge on any atom is -0.496 e. The Morgan fingerprint density at radius 2 is 1.91 bits per heavy atom. The van der Waals surface area contributed by atoms with Gasteiger partial charge in [0, 0.05) is 6.04 Å². The normalized spacial score (nSPS) is 14.5. The number of Topliss-reactive ketones (excluding diaryl/α,β-unsaturated/α-hetero) is 1. The Morgan fingerprint density at radius 3 is 2.43 bits per heavy atom. The van der Waals surface area contributed by atoms with Crippen molar-refractivity contribution in [2.45, 2.75) is 38.6 Å². The second kappa shape index (κ2) is 7.26. The maximum atomic E-state index is 12.9. The van der Waals surface area contributed by atoms with Gasteiger partial charge in [-0.3, -0.25) is 14.4 Å². The number of carbonyl (C=O) groups excluding carboxylic acids is 2. The van der Waals surface area contributed by atoms with Crippen LogP contribution in [0.2, 0.25) is 0 Å². The van der Waals surface area contributed by atoms with Crippen molar-refractivity contribution in [1.29, 1.82) is 0 Å². The van der Waals surface area contributed by atoms with E-state index in [0.717, 1.165) is 25.7 Å². The average Bonchev–Trinajstić information content (AvgIpc) is 3.04. The molecule has 6 heteroatoms. The molecular weight excluding hydrogens is 298 g/mol. The summed E-state index contributed by atoms with van der Waals surface area (Å²) >= 11 is 0. The number of carboxylic acid groups (broad SMARTS) is 1. The smallest absolute Gasteiger partial charge is 0.323 e. The number of carboxylic acids is 1. The van der Waals surface area contributed by atoms with E-state index in [2.05, 4.69) is 0 Å². The second-order valence-electron chi connectivity index (χ2n) is 5.70. The lowest BCUT2D eigenvalue weighted by atomic mass is 10.0. The molecule has 1 fully saturated rings. The molecule has 1 aromatic rings. The van der Waals surface area contributed by atoms with Crippen molar-refractivity contribution in [2.75, 3.05) is 13.7 Å². The van der Waals surface area contributed by atoms with E-state index < -0.39 is 11.9 Å². The molecule has 0 unspecified atom stereocenters. The van der Waals surface area contributed by atoms with Crippen LogP contribution in [-0.2, 0) is 4.79 Å². The molecule has 0 aromatic heterocycles. The van der Waals surface area contributed by atoms with Crippen molar-refractivity contribution in [3.63, 3.8) is 0 Å². The molecule has 0 saturated heterocycles. The first kappa shape index (κ1) is 17.0. The molecule has 1 N–H and O–H groups in total. The van der Waals surface area contributed by atoms with Crippen LogP contribution in [0.5, 0.6) is 5.75 Å². The number of hydrogen-bond acceptors (Lipinski definition) is 4. The monoisotopic (exact) mass is 319 g/mol. The summed E-state index contributed by atoms with van der Waals surface area (Å²) in [5, 5.41) is 9.13. The third-order valence-electron chi connectivity index (χ3n) is 4.16. The number of nitrogens with zero attached hydrogens (tertiary/aromatic N) is 1. The maximum absolute atomic E-state index is 12.9. The molecular formula is C17H21NO5. The number of ether oxygens (including phenoxy) is 1. The summed E-state index contributed by atoms with van der Waals surface area (Å²) in [6, 6.07) is 4.70. The third kappa shape index (κ3) is 3.70. The highest BCUT2D eigenvalue weighted by Gasteiger charge is 2.31. The van der Waals surface area contributed by atoms with Crippen LogP contribution in [0, 0.1) is 0 Å². The fourth-order valence-corrected chi connectivity index (χ4v) is 3.13. The van der Waals surface area contributed by atoms with Crippen molar-refractivity contribution < 1.29 is 24.2 Å². The van der Waals surface area contributed by atoms with Gasteiger partial charge in [-0.2, -0.15) is 0 Å². The summed E-state index contributed by atoms with van der Waals surface area (Å²) in [6.45, 7) is 1.00. The van der Waals surface area contributed by atoms with Crippen LogP contribution in [-0.4, -0.2) is 47.4 Å². The van der Waals surface area contributed by atoms with Gasteiger partial charge in [-0.05, 0) is 31.9 Å². The number of carbonyl (C=O) groups is 3. The van der Waals surface area contributed by atoms with Crippen molar-refractivity contribution in [3.8, 4) is 5.75 Å². The molecule has 1 saturated carbocycles. The van der Waals surface area contributed by atoms with E-state index in [-0.39, 0.29) is 29.5 Å². The topological polar surface area (TPSA) is 83.9 Å². The number of hydrogen-bond donors (Lipinski definition) is 1. The Morgan fingerprint density at radius 1 is 1.26 bits per heavy atom. The van der Waals surface area contributed by atoms with Crippen LogP contribution in [0.3, 0.4) is 0 Å². The minimum absolute atomic E-state index is 0.0930. The summed E-state index contributed by atoms with van der Waals surface area (Å²) in [4.78, 5) is 37.4. The zero-order chi connectivity index (χ0) is 17.0. The van der Waals surface area contributed by atoms with E-state index in [1.807, 2.05) is 0 Å². The van der Waals surface area contributed by atoms with Crippen LogP contribution in [0.15, 0.2) is 18.2 Å². The fourth-order valence-electron chi connectivity index (χ4n) is 3.13. The summed E-state index contributed by atoms with van der Waals surface area (Å²) < 4.78 is 5.18. The fraction of sp³-hybridized carbons (Fsp3) is 0.471. The largest absolute Gasteiger partial charge is 0.496 e. The first-order valence-electron chi connectivity index (χ1n) is 7.66. The van der Waals surface area contributed by atoms with Crippen molar-refractivity contribution in [1.82, 2.24) is 4.90 Å². The number of rotatable bonds is 6. The molecule has 0 aliphatic heterocycles. The van der Waals surface area contributed by atoms with E-state index in [1.165, 1.54) is 18.9 Å². The number of ketones is 1. The first-order valence-corrected chi connectivity index (χ1v) is 7.66. The number of benzene rings is 1. The lowest BCUT2D eigenvalue weighted by molar-refractivity contribution is -0.138. The van der Waals surface area contributed by atoms with Crippen LogP contribution in [0.25, 0.3) is 0 Å². The summed E-state index contributed by atoms with van der Waals surface area (Å²) in [6.07, 6.45) is 3.54. The molecule has 23 heavy (non-hydrogen) atoms. The van der Waals surface area contributed by atoms with Gasteiger partial charge in [0.15, 0.2) is 5.78 Å². The summed E-state index contributed by atoms with van der Waals surface area (Å²) in [7, 11) is 1.43. The molecule has 0 bridgehead atoms. The molecule has 1 aliphatic carbocycles. The average molecular weight is 319 g/mol. The summed E-state index contributed by atoms with van der Waals surface area (Å²) in [5.41, 5.74) is 0.401. The van der Waals surface area contributed by atoms with E-state index in [9.17, 15) is 14.4 Å². The molecule has 1 aromatic carbocycles. The Bertz CT molecular complexity index is 619. The van der Waals surface area contributed by atoms with Gasteiger partial charge in [-0.1, -0.05) is 18.9 Å². The van der Waals surface area contributed by atoms with Crippen molar-refractivity contribution in [2.24, 2.45) is 0 Å². The lowest BCUT2D eigenvalue weighted by Crippen LogP contribution is -2.42. The molecule has 0 atom stereocenters. The predicted octanol–water partition coefficient (Wildman–Crippen LogP) is 2.37. The Kier molecular flexibility index (Phi) is 5.36. The Labute approximate surface area is 135 Å². The van der Waals surface area contributed by atoms with Gasteiger partial charge in [-0.15, -0.1) is 0 Å². The highest BCUT2D eigenvalue weighted by Crippen LogP contribution is 2.28. The zero-order valence-electron chi connectivity index (χ0n) is 13.4. The minimum atomic E-state index is -1.06. The standard InChI is InChI=1S/C17H21NO5/c1-11(19)16-13(8-5-9-14(16)23-2)17(22)18(10-15(20)21)12-6-3-4-7-12/h5,8-9,12H,3-4,6-7,10H2,1-2H3,(H,20,21). The molecule has 124 valence electrons. The van der Waals surface area contributed by atoms with E-state index in [0.29, 0.717) is 5.75 Å². The SMILES string of the molecule is COc1cccc(C(=O)N(CC(=O)O)C2CCCC2)c1C(C)=O. The molecule has 0 heterocycles.